The molecule has 2 fully saturated rings. The van der Waals surface area contributed by atoms with Crippen molar-refractivity contribution in [3.63, 3.8) is 0 Å². The standard InChI is InChI=1S/C14H24N2O3/c1-10-3-2-4-11(7-10)8-15-14(19)16(9-13(17)18)12-5-6-12/h10-12H,2-9H2,1H3,(H,15,19)(H,17,18). The fraction of sp³-hybridized carbons (Fsp3) is 0.857. The van der Waals surface area contributed by atoms with Crippen LogP contribution in [0.15, 0.2) is 0 Å². The van der Waals surface area contributed by atoms with Crippen molar-refractivity contribution in [1.82, 2.24) is 10.2 Å². The molecular weight excluding hydrogens is 244 g/mol. The molecule has 2 unspecified atom stereocenters. The van der Waals surface area contributed by atoms with E-state index in [1.807, 2.05) is 0 Å². The summed E-state index contributed by atoms with van der Waals surface area (Å²) in [5.74, 6) is 0.362. The third-order valence-corrected chi connectivity index (χ3v) is 4.14. The highest BCUT2D eigenvalue weighted by Crippen LogP contribution is 2.29. The SMILES string of the molecule is CC1CCCC(CNC(=O)N(CC(=O)O)C2CC2)C1. The fourth-order valence-electron chi connectivity index (χ4n) is 2.98. The lowest BCUT2D eigenvalue weighted by molar-refractivity contribution is -0.137. The van der Waals surface area contributed by atoms with Crippen molar-refractivity contribution in [3.05, 3.63) is 0 Å². The number of hydrogen-bond donors (Lipinski definition) is 2. The van der Waals surface area contributed by atoms with Gasteiger partial charge in [0, 0.05) is 12.6 Å². The molecule has 2 saturated carbocycles. The summed E-state index contributed by atoms with van der Waals surface area (Å²) < 4.78 is 0. The maximum Gasteiger partial charge on any atom is 0.323 e. The summed E-state index contributed by atoms with van der Waals surface area (Å²) >= 11 is 0. The monoisotopic (exact) mass is 268 g/mol. The lowest BCUT2D eigenvalue weighted by atomic mass is 9.82. The second-order valence-corrected chi connectivity index (χ2v) is 6.08. The number of carbonyl (C=O) groups excluding carboxylic acids is 1. The van der Waals surface area contributed by atoms with E-state index >= 15 is 0 Å². The van der Waals surface area contributed by atoms with Crippen LogP contribution in [0.3, 0.4) is 0 Å². The van der Waals surface area contributed by atoms with Crippen molar-refractivity contribution >= 4 is 12.0 Å². The number of rotatable bonds is 5. The molecule has 2 atom stereocenters. The van der Waals surface area contributed by atoms with Crippen molar-refractivity contribution in [2.75, 3.05) is 13.1 Å². The molecule has 2 rings (SSSR count). The quantitative estimate of drug-likeness (QED) is 0.802. The van der Waals surface area contributed by atoms with Crippen molar-refractivity contribution in [3.8, 4) is 0 Å². The summed E-state index contributed by atoms with van der Waals surface area (Å²) in [4.78, 5) is 24.3. The Kier molecular flexibility index (Phi) is 4.66. The second kappa shape index (κ2) is 6.26. The zero-order valence-corrected chi connectivity index (χ0v) is 11.6. The Morgan fingerprint density at radius 1 is 1.26 bits per heavy atom. The lowest BCUT2D eigenvalue weighted by Crippen LogP contribution is -2.45. The molecule has 5 nitrogen and oxygen atoms in total. The number of carboxylic acids is 1. The molecule has 2 aliphatic rings. The van der Waals surface area contributed by atoms with Gasteiger partial charge in [0.05, 0.1) is 0 Å². The van der Waals surface area contributed by atoms with Gasteiger partial charge in [0.1, 0.15) is 6.54 Å². The Labute approximate surface area is 114 Å². The Bertz CT molecular complexity index is 342. The van der Waals surface area contributed by atoms with Gasteiger partial charge in [0.2, 0.25) is 0 Å². The zero-order chi connectivity index (χ0) is 13.8. The first-order valence-electron chi connectivity index (χ1n) is 7.32. The summed E-state index contributed by atoms with van der Waals surface area (Å²) in [6.45, 7) is 2.76. The minimum absolute atomic E-state index is 0.140. The third kappa shape index (κ3) is 4.40. The van der Waals surface area contributed by atoms with Crippen LogP contribution in [0.4, 0.5) is 4.79 Å². The topological polar surface area (TPSA) is 69.6 Å². The summed E-state index contributed by atoms with van der Waals surface area (Å²) in [5, 5.41) is 11.8. The molecule has 0 aromatic carbocycles. The molecule has 0 bridgehead atoms. The van der Waals surface area contributed by atoms with Gasteiger partial charge < -0.3 is 15.3 Å². The van der Waals surface area contributed by atoms with E-state index in [1.54, 1.807) is 0 Å². The van der Waals surface area contributed by atoms with Crippen LogP contribution in [-0.2, 0) is 4.79 Å². The van der Waals surface area contributed by atoms with Crippen molar-refractivity contribution in [1.29, 1.82) is 0 Å². The molecule has 0 aromatic heterocycles. The maximum absolute atomic E-state index is 12.0. The zero-order valence-electron chi connectivity index (χ0n) is 11.6. The van der Waals surface area contributed by atoms with Gasteiger partial charge in [-0.2, -0.15) is 0 Å². The molecule has 2 N–H and O–H groups in total. The van der Waals surface area contributed by atoms with E-state index in [2.05, 4.69) is 12.2 Å². The van der Waals surface area contributed by atoms with Gasteiger partial charge in [-0.05, 0) is 37.5 Å². The van der Waals surface area contributed by atoms with E-state index in [4.69, 9.17) is 5.11 Å². The van der Waals surface area contributed by atoms with Crippen LogP contribution in [0.2, 0.25) is 0 Å². The molecule has 19 heavy (non-hydrogen) atoms. The van der Waals surface area contributed by atoms with Crippen LogP contribution in [0.1, 0.15) is 45.4 Å². The van der Waals surface area contributed by atoms with Crippen LogP contribution in [0.5, 0.6) is 0 Å². The maximum atomic E-state index is 12.0. The summed E-state index contributed by atoms with van der Waals surface area (Å²) in [7, 11) is 0. The van der Waals surface area contributed by atoms with E-state index in [9.17, 15) is 9.59 Å². The first kappa shape index (κ1) is 14.2. The highest BCUT2D eigenvalue weighted by molar-refractivity contribution is 5.80. The van der Waals surface area contributed by atoms with Gasteiger partial charge >= 0.3 is 12.0 Å². The second-order valence-electron chi connectivity index (χ2n) is 6.08. The number of carbonyl (C=O) groups is 2. The van der Waals surface area contributed by atoms with E-state index in [0.717, 1.165) is 18.8 Å². The Morgan fingerprint density at radius 2 is 2.00 bits per heavy atom. The van der Waals surface area contributed by atoms with Crippen molar-refractivity contribution in [2.45, 2.75) is 51.5 Å². The molecule has 0 radical (unpaired) electrons. The molecular formula is C14H24N2O3. The van der Waals surface area contributed by atoms with Gasteiger partial charge in [0.15, 0.2) is 0 Å². The highest BCUT2D eigenvalue weighted by atomic mass is 16.4. The van der Waals surface area contributed by atoms with Crippen LogP contribution >= 0.6 is 0 Å². The van der Waals surface area contributed by atoms with Crippen LogP contribution < -0.4 is 5.32 Å². The number of nitrogens with one attached hydrogen (secondary N) is 1. The normalized spacial score (nSPS) is 26.8. The molecule has 0 saturated heterocycles. The number of carboxylic acid groups (broad SMARTS) is 1. The van der Waals surface area contributed by atoms with E-state index in [1.165, 1.54) is 30.6 Å². The molecule has 2 amide bonds. The molecule has 5 heteroatoms. The van der Waals surface area contributed by atoms with Crippen molar-refractivity contribution < 1.29 is 14.7 Å². The van der Waals surface area contributed by atoms with Gasteiger partial charge in [-0.25, -0.2) is 4.79 Å². The van der Waals surface area contributed by atoms with Gasteiger partial charge in [-0.3, -0.25) is 4.79 Å². The fourth-order valence-corrected chi connectivity index (χ4v) is 2.98. The van der Waals surface area contributed by atoms with Gasteiger partial charge in [-0.15, -0.1) is 0 Å². The molecule has 2 aliphatic carbocycles. The van der Waals surface area contributed by atoms with E-state index < -0.39 is 5.97 Å². The predicted octanol–water partition coefficient (Wildman–Crippen LogP) is 2.07. The molecule has 0 aliphatic heterocycles. The molecule has 108 valence electrons. The number of amides is 2. The largest absolute Gasteiger partial charge is 0.480 e. The Morgan fingerprint density at radius 3 is 2.58 bits per heavy atom. The summed E-state index contributed by atoms with van der Waals surface area (Å²) in [6, 6.07) is -0.0653. The smallest absolute Gasteiger partial charge is 0.323 e. The number of hydrogen-bond acceptors (Lipinski definition) is 2. The lowest BCUT2D eigenvalue weighted by Gasteiger charge is -2.28. The van der Waals surface area contributed by atoms with E-state index in [-0.39, 0.29) is 18.6 Å². The van der Waals surface area contributed by atoms with Gasteiger partial charge in [0.25, 0.3) is 0 Å². The number of nitrogens with zero attached hydrogens (tertiary/aromatic N) is 1. The minimum atomic E-state index is -0.937. The first-order chi connectivity index (χ1) is 9.06. The first-order valence-corrected chi connectivity index (χ1v) is 7.32. The summed E-state index contributed by atoms with van der Waals surface area (Å²) in [5.41, 5.74) is 0. The average molecular weight is 268 g/mol. The number of aliphatic carboxylic acids is 1. The number of urea groups is 1. The third-order valence-electron chi connectivity index (χ3n) is 4.14. The molecule has 0 spiro atoms. The van der Waals surface area contributed by atoms with Crippen LogP contribution in [0.25, 0.3) is 0 Å². The van der Waals surface area contributed by atoms with Crippen molar-refractivity contribution in [2.24, 2.45) is 11.8 Å². The van der Waals surface area contributed by atoms with Crippen LogP contribution in [-0.4, -0.2) is 41.1 Å². The van der Waals surface area contributed by atoms with Gasteiger partial charge in [-0.1, -0.05) is 19.8 Å². The molecule has 0 aromatic rings. The Balaban J connectivity index is 1.77. The minimum Gasteiger partial charge on any atom is -0.480 e. The highest BCUT2D eigenvalue weighted by Gasteiger charge is 2.34. The summed E-state index contributed by atoms with van der Waals surface area (Å²) in [6.07, 6.45) is 6.73. The van der Waals surface area contributed by atoms with E-state index in [0.29, 0.717) is 12.5 Å². The molecule has 0 heterocycles. The predicted molar refractivity (Wildman–Crippen MR) is 71.9 cm³/mol. The average Bonchev–Trinajstić information content (AvgIpc) is 3.17. The van der Waals surface area contributed by atoms with Crippen LogP contribution in [0, 0.1) is 11.8 Å². The Hall–Kier alpha value is -1.26.